The number of sulfonamides is 1. The Morgan fingerprint density at radius 2 is 1.77 bits per heavy atom. The number of likely N-dealkylation sites (tertiary alicyclic amines) is 1. The number of benzene rings is 2. The van der Waals surface area contributed by atoms with Gasteiger partial charge in [0.15, 0.2) is 0 Å². The smallest absolute Gasteiger partial charge is 0.254 e. The van der Waals surface area contributed by atoms with E-state index in [1.807, 2.05) is 30.0 Å². The molecule has 2 aliphatic heterocycles. The fourth-order valence-electron chi connectivity index (χ4n) is 4.72. The molecule has 4 rings (SSSR count). The molecule has 6 heteroatoms. The lowest BCUT2D eigenvalue weighted by Crippen LogP contribution is -2.42. The minimum atomic E-state index is -3.59. The highest BCUT2D eigenvalue weighted by atomic mass is 32.2. The summed E-state index contributed by atoms with van der Waals surface area (Å²) in [6, 6.07) is 17.0. The number of amides is 1. The maximum atomic E-state index is 13.3. The predicted octanol–water partition coefficient (Wildman–Crippen LogP) is 4.10. The number of rotatable bonds is 5. The van der Waals surface area contributed by atoms with Crippen LogP contribution in [0, 0.1) is 0 Å². The standard InChI is InChI=1S/C24H30N2O3S/c1-19-9-5-6-16-26(19)30(28,29)23-14-7-12-21(18-23)24(27)25-15-8-13-22(25)17-20-10-3-2-4-11-20/h2-4,7,10-12,14,18-19,22H,5-6,8-9,13,15-17H2,1H3. The predicted molar refractivity (Wildman–Crippen MR) is 118 cm³/mol. The summed E-state index contributed by atoms with van der Waals surface area (Å²) in [5.74, 6) is -0.0721. The first kappa shape index (κ1) is 21.1. The number of carbonyl (C=O) groups is 1. The monoisotopic (exact) mass is 426 g/mol. The van der Waals surface area contributed by atoms with Crippen LogP contribution in [0.3, 0.4) is 0 Å². The number of hydrogen-bond donors (Lipinski definition) is 0. The Morgan fingerprint density at radius 3 is 2.53 bits per heavy atom. The van der Waals surface area contributed by atoms with Crippen LogP contribution < -0.4 is 0 Å². The van der Waals surface area contributed by atoms with E-state index in [1.54, 1.807) is 28.6 Å². The maximum absolute atomic E-state index is 13.3. The molecule has 2 atom stereocenters. The Bertz CT molecular complexity index is 991. The highest BCUT2D eigenvalue weighted by Crippen LogP contribution is 2.27. The zero-order chi connectivity index (χ0) is 21.1. The van der Waals surface area contributed by atoms with E-state index in [4.69, 9.17) is 0 Å². The molecule has 2 unspecified atom stereocenters. The Hall–Kier alpha value is -2.18. The Kier molecular flexibility index (Phi) is 6.25. The van der Waals surface area contributed by atoms with Crippen LogP contribution in [0.4, 0.5) is 0 Å². The van der Waals surface area contributed by atoms with E-state index >= 15 is 0 Å². The van der Waals surface area contributed by atoms with Gasteiger partial charge in [-0.05, 0) is 62.8 Å². The van der Waals surface area contributed by atoms with Crippen LogP contribution in [0.25, 0.3) is 0 Å². The van der Waals surface area contributed by atoms with Gasteiger partial charge < -0.3 is 4.90 Å². The molecule has 2 aromatic carbocycles. The molecule has 0 spiro atoms. The van der Waals surface area contributed by atoms with Gasteiger partial charge in [-0.3, -0.25) is 4.79 Å². The molecule has 0 N–H and O–H groups in total. The lowest BCUT2D eigenvalue weighted by Gasteiger charge is -2.32. The summed E-state index contributed by atoms with van der Waals surface area (Å²) in [5.41, 5.74) is 1.68. The molecule has 0 radical (unpaired) electrons. The lowest BCUT2D eigenvalue weighted by molar-refractivity contribution is 0.0736. The van der Waals surface area contributed by atoms with Gasteiger partial charge in [-0.2, -0.15) is 4.31 Å². The highest BCUT2D eigenvalue weighted by molar-refractivity contribution is 7.89. The first-order chi connectivity index (χ1) is 14.5. The molecule has 2 aliphatic rings. The lowest BCUT2D eigenvalue weighted by atomic mass is 10.0. The van der Waals surface area contributed by atoms with Gasteiger partial charge in [-0.25, -0.2) is 8.42 Å². The second-order valence-corrected chi connectivity index (χ2v) is 10.4. The van der Waals surface area contributed by atoms with Crippen molar-refractivity contribution < 1.29 is 13.2 Å². The second kappa shape index (κ2) is 8.90. The van der Waals surface area contributed by atoms with Gasteiger partial charge in [0.2, 0.25) is 10.0 Å². The number of piperidine rings is 1. The van der Waals surface area contributed by atoms with Gasteiger partial charge in [0.05, 0.1) is 4.90 Å². The van der Waals surface area contributed by atoms with Crippen molar-refractivity contribution in [2.24, 2.45) is 0 Å². The van der Waals surface area contributed by atoms with Crippen LogP contribution in [-0.4, -0.2) is 48.7 Å². The van der Waals surface area contributed by atoms with Gasteiger partial charge in [0, 0.05) is 30.7 Å². The molecular weight excluding hydrogens is 396 g/mol. The summed E-state index contributed by atoms with van der Waals surface area (Å²) in [4.78, 5) is 15.4. The molecule has 5 nitrogen and oxygen atoms in total. The number of nitrogens with zero attached hydrogens (tertiary/aromatic N) is 2. The third-order valence-corrected chi connectivity index (χ3v) is 8.39. The highest BCUT2D eigenvalue weighted by Gasteiger charge is 2.33. The third kappa shape index (κ3) is 4.30. The average molecular weight is 427 g/mol. The van der Waals surface area contributed by atoms with Gasteiger partial charge >= 0.3 is 0 Å². The number of carbonyl (C=O) groups excluding carboxylic acids is 1. The minimum absolute atomic E-state index is 0.00283. The minimum Gasteiger partial charge on any atom is -0.335 e. The van der Waals surface area contributed by atoms with E-state index in [9.17, 15) is 13.2 Å². The number of hydrogen-bond acceptors (Lipinski definition) is 3. The molecule has 2 heterocycles. The van der Waals surface area contributed by atoms with Crippen molar-refractivity contribution in [3.05, 3.63) is 65.7 Å². The van der Waals surface area contributed by atoms with Gasteiger partial charge in [-0.15, -0.1) is 0 Å². The Morgan fingerprint density at radius 1 is 0.967 bits per heavy atom. The summed E-state index contributed by atoms with van der Waals surface area (Å²) < 4.78 is 28.0. The zero-order valence-electron chi connectivity index (χ0n) is 17.5. The molecule has 160 valence electrons. The van der Waals surface area contributed by atoms with E-state index in [1.165, 1.54) is 5.56 Å². The van der Waals surface area contributed by atoms with Crippen LogP contribution >= 0.6 is 0 Å². The fourth-order valence-corrected chi connectivity index (χ4v) is 6.47. The molecule has 0 saturated carbocycles. The van der Waals surface area contributed by atoms with Crippen LogP contribution in [0.2, 0.25) is 0 Å². The largest absolute Gasteiger partial charge is 0.335 e. The Balaban J connectivity index is 1.55. The third-order valence-electron chi connectivity index (χ3n) is 6.38. The van der Waals surface area contributed by atoms with Crippen molar-refractivity contribution in [1.82, 2.24) is 9.21 Å². The topological polar surface area (TPSA) is 57.7 Å². The van der Waals surface area contributed by atoms with Crippen molar-refractivity contribution in [2.45, 2.75) is 62.4 Å². The molecule has 0 bridgehead atoms. The maximum Gasteiger partial charge on any atom is 0.254 e. The fraction of sp³-hybridized carbons (Fsp3) is 0.458. The SMILES string of the molecule is CC1CCCCN1S(=O)(=O)c1cccc(C(=O)N2CCCC2Cc2ccccc2)c1. The summed E-state index contributed by atoms with van der Waals surface area (Å²) in [7, 11) is -3.59. The zero-order valence-corrected chi connectivity index (χ0v) is 18.4. The molecule has 0 aromatic heterocycles. The van der Waals surface area contributed by atoms with Crippen molar-refractivity contribution in [2.75, 3.05) is 13.1 Å². The quantitative estimate of drug-likeness (QED) is 0.723. The van der Waals surface area contributed by atoms with Crippen LogP contribution in [0.15, 0.2) is 59.5 Å². The second-order valence-electron chi connectivity index (χ2n) is 8.47. The summed E-state index contributed by atoms with van der Waals surface area (Å²) in [5, 5.41) is 0. The molecule has 2 saturated heterocycles. The summed E-state index contributed by atoms with van der Waals surface area (Å²) in [6.07, 6.45) is 5.61. The molecular formula is C24H30N2O3S. The van der Waals surface area contributed by atoms with Gasteiger partial charge in [0.25, 0.3) is 5.91 Å². The van der Waals surface area contributed by atoms with Crippen molar-refractivity contribution in [1.29, 1.82) is 0 Å². The molecule has 2 fully saturated rings. The van der Waals surface area contributed by atoms with Crippen LogP contribution in [0.5, 0.6) is 0 Å². The first-order valence-corrected chi connectivity index (χ1v) is 12.4. The van der Waals surface area contributed by atoms with E-state index in [0.29, 0.717) is 12.1 Å². The van der Waals surface area contributed by atoms with E-state index in [2.05, 4.69) is 12.1 Å². The molecule has 30 heavy (non-hydrogen) atoms. The van der Waals surface area contributed by atoms with Crippen LogP contribution in [0.1, 0.15) is 54.9 Å². The molecule has 1 amide bonds. The van der Waals surface area contributed by atoms with Gasteiger partial charge in [0.1, 0.15) is 0 Å². The van der Waals surface area contributed by atoms with Crippen LogP contribution in [-0.2, 0) is 16.4 Å². The normalized spacial score (nSPS) is 22.9. The van der Waals surface area contributed by atoms with Gasteiger partial charge in [-0.1, -0.05) is 42.8 Å². The first-order valence-electron chi connectivity index (χ1n) is 10.9. The van der Waals surface area contributed by atoms with Crippen molar-refractivity contribution in [3.8, 4) is 0 Å². The van der Waals surface area contributed by atoms with E-state index in [0.717, 1.165) is 45.1 Å². The summed E-state index contributed by atoms with van der Waals surface area (Å²) >= 11 is 0. The van der Waals surface area contributed by atoms with Crippen molar-refractivity contribution in [3.63, 3.8) is 0 Å². The molecule has 2 aromatic rings. The van der Waals surface area contributed by atoms with E-state index < -0.39 is 10.0 Å². The Labute approximate surface area is 179 Å². The average Bonchev–Trinajstić information content (AvgIpc) is 3.22. The van der Waals surface area contributed by atoms with E-state index in [-0.39, 0.29) is 22.9 Å². The molecule has 0 aliphatic carbocycles. The summed E-state index contributed by atoms with van der Waals surface area (Å²) in [6.45, 7) is 3.23. The van der Waals surface area contributed by atoms with Crippen molar-refractivity contribution >= 4 is 15.9 Å².